The van der Waals surface area contributed by atoms with Crippen molar-refractivity contribution in [3.05, 3.63) is 52.8 Å². The summed E-state index contributed by atoms with van der Waals surface area (Å²) in [5.74, 6) is 0.964. The van der Waals surface area contributed by atoms with Crippen LogP contribution in [-0.4, -0.2) is 39.0 Å². The fourth-order valence-electron chi connectivity index (χ4n) is 3.73. The molecule has 0 saturated carbocycles. The van der Waals surface area contributed by atoms with E-state index in [4.69, 9.17) is 9.15 Å². The van der Waals surface area contributed by atoms with Crippen LogP contribution in [0.2, 0.25) is 0 Å². The van der Waals surface area contributed by atoms with Crippen LogP contribution >= 0.6 is 11.3 Å². The number of ether oxygens (including phenoxy) is 1. The van der Waals surface area contributed by atoms with E-state index < -0.39 is 6.04 Å². The van der Waals surface area contributed by atoms with Gasteiger partial charge >= 0.3 is 0 Å². The monoisotopic (exact) mass is 493 g/mol. The maximum absolute atomic E-state index is 12.7. The van der Waals surface area contributed by atoms with Gasteiger partial charge in [-0.2, -0.15) is 0 Å². The van der Waals surface area contributed by atoms with Gasteiger partial charge in [-0.15, -0.1) is 21.5 Å². The number of nitrogens with one attached hydrogen (secondary N) is 1. The Morgan fingerprint density at radius 3 is 2.80 bits per heavy atom. The average Bonchev–Trinajstić information content (AvgIpc) is 3.59. The summed E-state index contributed by atoms with van der Waals surface area (Å²) >= 11 is 1.26. The van der Waals surface area contributed by atoms with E-state index in [9.17, 15) is 9.59 Å². The molecule has 0 saturated heterocycles. The molecule has 0 aliphatic heterocycles. The first-order valence-electron chi connectivity index (χ1n) is 11.6. The Balaban J connectivity index is 1.54. The first kappa shape index (κ1) is 24.5. The van der Waals surface area contributed by atoms with E-state index in [1.807, 2.05) is 37.3 Å². The Kier molecular flexibility index (Phi) is 8.15. The zero-order valence-corrected chi connectivity index (χ0v) is 20.5. The summed E-state index contributed by atoms with van der Waals surface area (Å²) in [5, 5.41) is 12.4. The van der Waals surface area contributed by atoms with Gasteiger partial charge < -0.3 is 14.5 Å². The predicted octanol–water partition coefficient (Wildman–Crippen LogP) is 5.15. The molecule has 0 unspecified atom stereocenters. The first-order chi connectivity index (χ1) is 17.1. The molecule has 1 amide bonds. The molecule has 4 rings (SSSR count). The quantitative estimate of drug-likeness (QED) is 0.269. The van der Waals surface area contributed by atoms with Gasteiger partial charge in [-0.25, -0.2) is 4.98 Å². The second kappa shape index (κ2) is 11.7. The summed E-state index contributed by atoms with van der Waals surface area (Å²) in [7, 11) is 1.54. The van der Waals surface area contributed by atoms with Gasteiger partial charge in [-0.1, -0.05) is 38.0 Å². The Hall–Kier alpha value is -3.66. The lowest BCUT2D eigenvalue weighted by atomic mass is 10.0. The molecular weight excluding hydrogens is 466 g/mol. The minimum Gasteiger partial charge on any atom is -0.480 e. The third-order valence-corrected chi connectivity index (χ3v) is 6.43. The van der Waals surface area contributed by atoms with Crippen LogP contribution in [0.25, 0.3) is 22.4 Å². The largest absolute Gasteiger partial charge is 0.480 e. The highest BCUT2D eigenvalue weighted by Crippen LogP contribution is 2.32. The molecule has 0 aliphatic rings. The van der Waals surface area contributed by atoms with Crippen molar-refractivity contribution in [2.24, 2.45) is 0 Å². The lowest BCUT2D eigenvalue weighted by molar-refractivity contribution is -0.118. The number of benzene rings is 1. The molecule has 35 heavy (non-hydrogen) atoms. The molecular formula is C25H27N5O4S. The number of unbranched alkanes of at least 4 members (excludes halogenated alkanes) is 2. The second-order valence-electron chi connectivity index (χ2n) is 8.07. The number of hydrogen-bond donors (Lipinski definition) is 1. The lowest BCUT2D eigenvalue weighted by Gasteiger charge is -2.14. The van der Waals surface area contributed by atoms with E-state index in [2.05, 4.69) is 25.5 Å². The molecule has 0 aliphatic carbocycles. The number of methoxy groups -OCH3 is 1. The number of Topliss-reactive ketones (excluding diaryl/α,β-unsaturated/α-hetero) is 1. The molecule has 3 heterocycles. The normalized spacial score (nSPS) is 11.9. The number of para-hydroxylation sites is 1. The van der Waals surface area contributed by atoms with Gasteiger partial charge in [0.25, 0.3) is 11.8 Å². The standard InChI is InChI=1S/C25H27N5O4S/c1-3-17(31)10-5-4-6-12-20(27-22(32)21-14-26-15-35-21)25-30-29-24(34-25)18-13-16-9-7-8-11-19(16)28-23(18)33-2/h7-9,11,13-15,20H,3-6,10,12H2,1-2H3,(H,27,32)/t20-/m0/s1. The number of nitrogens with zero attached hydrogens (tertiary/aromatic N) is 4. The van der Waals surface area contributed by atoms with Crippen LogP contribution < -0.4 is 10.1 Å². The van der Waals surface area contributed by atoms with E-state index in [-0.39, 0.29) is 17.6 Å². The number of ketones is 1. The summed E-state index contributed by atoms with van der Waals surface area (Å²) in [6.07, 6.45) is 5.74. The Bertz CT molecular complexity index is 1290. The highest BCUT2D eigenvalue weighted by atomic mass is 32.1. The number of carbonyl (C=O) groups excluding carboxylic acids is 2. The molecule has 4 aromatic rings. The number of fused-ring (bicyclic) bond motifs is 1. The number of amides is 1. The first-order valence-corrected chi connectivity index (χ1v) is 12.5. The van der Waals surface area contributed by atoms with Gasteiger partial charge in [0.1, 0.15) is 22.3 Å². The zero-order valence-electron chi connectivity index (χ0n) is 19.7. The van der Waals surface area contributed by atoms with Crippen LogP contribution in [0.1, 0.15) is 67.1 Å². The van der Waals surface area contributed by atoms with E-state index in [1.54, 1.807) is 12.6 Å². The molecule has 1 aromatic carbocycles. The average molecular weight is 494 g/mol. The number of pyridine rings is 1. The lowest BCUT2D eigenvalue weighted by Crippen LogP contribution is -2.28. The van der Waals surface area contributed by atoms with Crippen LogP contribution in [-0.2, 0) is 4.79 Å². The predicted molar refractivity (Wildman–Crippen MR) is 132 cm³/mol. The van der Waals surface area contributed by atoms with Gasteiger partial charge in [0, 0.05) is 18.2 Å². The van der Waals surface area contributed by atoms with Crippen molar-refractivity contribution in [2.45, 2.75) is 51.5 Å². The Labute approximate surface area is 207 Å². The maximum atomic E-state index is 12.7. The van der Waals surface area contributed by atoms with Gasteiger partial charge in [0.05, 0.1) is 24.3 Å². The van der Waals surface area contributed by atoms with Crippen molar-refractivity contribution in [3.8, 4) is 17.3 Å². The third kappa shape index (κ3) is 6.07. The highest BCUT2D eigenvalue weighted by molar-refractivity contribution is 7.11. The molecule has 1 atom stereocenters. The molecule has 0 fully saturated rings. The van der Waals surface area contributed by atoms with Crippen LogP contribution in [0, 0.1) is 0 Å². The van der Waals surface area contributed by atoms with Crippen molar-refractivity contribution in [1.29, 1.82) is 0 Å². The fraction of sp³-hybridized carbons (Fsp3) is 0.360. The molecule has 0 bridgehead atoms. The molecule has 182 valence electrons. The highest BCUT2D eigenvalue weighted by Gasteiger charge is 2.24. The minimum atomic E-state index is -0.480. The van der Waals surface area contributed by atoms with Gasteiger partial charge in [-0.3, -0.25) is 14.6 Å². The van der Waals surface area contributed by atoms with E-state index in [0.29, 0.717) is 41.5 Å². The van der Waals surface area contributed by atoms with Gasteiger partial charge in [0.2, 0.25) is 11.8 Å². The van der Waals surface area contributed by atoms with Crippen molar-refractivity contribution in [2.75, 3.05) is 7.11 Å². The van der Waals surface area contributed by atoms with Gasteiger partial charge in [0.15, 0.2) is 0 Å². The van der Waals surface area contributed by atoms with Gasteiger partial charge in [-0.05, 0) is 25.0 Å². The number of carbonyl (C=O) groups is 2. The summed E-state index contributed by atoms with van der Waals surface area (Å²) in [6.45, 7) is 1.88. The van der Waals surface area contributed by atoms with Crippen LogP contribution in [0.15, 0.2) is 46.5 Å². The molecule has 1 N–H and O–H groups in total. The van der Waals surface area contributed by atoms with E-state index in [1.165, 1.54) is 17.5 Å². The van der Waals surface area contributed by atoms with Crippen molar-refractivity contribution in [3.63, 3.8) is 0 Å². The summed E-state index contributed by atoms with van der Waals surface area (Å²) in [6, 6.07) is 9.11. The Morgan fingerprint density at radius 2 is 2.03 bits per heavy atom. The van der Waals surface area contributed by atoms with E-state index >= 15 is 0 Å². The summed E-state index contributed by atoms with van der Waals surface area (Å²) < 4.78 is 11.5. The maximum Gasteiger partial charge on any atom is 0.263 e. The van der Waals surface area contributed by atoms with Crippen LogP contribution in [0.4, 0.5) is 0 Å². The van der Waals surface area contributed by atoms with Crippen molar-refractivity contribution in [1.82, 2.24) is 25.5 Å². The number of aromatic nitrogens is 4. The molecule has 10 heteroatoms. The molecule has 9 nitrogen and oxygen atoms in total. The number of rotatable bonds is 12. The second-order valence-corrected chi connectivity index (χ2v) is 8.95. The number of hydrogen-bond acceptors (Lipinski definition) is 9. The minimum absolute atomic E-state index is 0.247. The summed E-state index contributed by atoms with van der Waals surface area (Å²) in [4.78, 5) is 33.3. The molecule has 0 spiro atoms. The van der Waals surface area contributed by atoms with Crippen molar-refractivity contribution < 1.29 is 18.7 Å². The van der Waals surface area contributed by atoms with E-state index in [0.717, 1.165) is 30.2 Å². The molecule has 0 radical (unpaired) electrons. The van der Waals surface area contributed by atoms with Crippen molar-refractivity contribution >= 4 is 33.9 Å². The molecule has 3 aromatic heterocycles. The summed E-state index contributed by atoms with van der Waals surface area (Å²) in [5.41, 5.74) is 2.98. The van der Waals surface area contributed by atoms with Crippen LogP contribution in [0.3, 0.4) is 0 Å². The van der Waals surface area contributed by atoms with Crippen LogP contribution in [0.5, 0.6) is 5.88 Å². The number of thiazole rings is 1. The topological polar surface area (TPSA) is 120 Å². The zero-order chi connectivity index (χ0) is 24.6. The SMILES string of the molecule is CCC(=O)CCCCC[C@H](NC(=O)c1cncs1)c1nnc(-c2cc3ccccc3nc2OC)o1. The smallest absolute Gasteiger partial charge is 0.263 e. The Morgan fingerprint density at radius 1 is 1.17 bits per heavy atom. The third-order valence-electron chi connectivity index (χ3n) is 5.66. The fourth-order valence-corrected chi connectivity index (χ4v) is 4.25.